The van der Waals surface area contributed by atoms with E-state index < -0.39 is 35.6 Å². The van der Waals surface area contributed by atoms with Gasteiger partial charge in [-0.15, -0.1) is 5.06 Å². The third-order valence-electron chi connectivity index (χ3n) is 7.72. The minimum absolute atomic E-state index is 0. The van der Waals surface area contributed by atoms with Gasteiger partial charge in [-0.05, 0) is 0 Å². The van der Waals surface area contributed by atoms with E-state index in [1.807, 2.05) is 0 Å². The summed E-state index contributed by atoms with van der Waals surface area (Å²) >= 11 is 0. The second-order valence-corrected chi connectivity index (χ2v) is 12.9. The SMILES string of the molecule is C.C.COCCOCCOCCOCCOCCOCCOCCC(=O)O.COCCOCCOCCOCCOCCOCCOCCC(=O)ON1C(=O)CCC1=O.O=C1CCC(=O)N1O. The number of carbonyl (C=O) groups excluding carboxylic acids is 5. The first-order chi connectivity index (χ1) is 31.6. The van der Waals surface area contributed by atoms with Gasteiger partial charge in [0, 0.05) is 39.9 Å². The third-order valence-corrected chi connectivity index (χ3v) is 7.72. The first kappa shape index (κ1) is 67.9. The van der Waals surface area contributed by atoms with Crippen LogP contribution in [0, 0.1) is 0 Å². The number of aliphatic carboxylic acids is 1. The quantitative estimate of drug-likeness (QED) is 0.0484. The van der Waals surface area contributed by atoms with E-state index in [0.29, 0.717) is 164 Å². The lowest BCUT2D eigenvalue weighted by Crippen LogP contribution is -2.32. The highest BCUT2D eigenvalue weighted by atomic mass is 16.7. The molecular weight excluding hydrogens is 900 g/mol. The van der Waals surface area contributed by atoms with Crippen molar-refractivity contribution >= 4 is 35.6 Å². The summed E-state index contributed by atoms with van der Waals surface area (Å²) in [5.74, 6) is -3.57. The van der Waals surface area contributed by atoms with Crippen LogP contribution in [0.2, 0.25) is 0 Å². The van der Waals surface area contributed by atoms with E-state index in [4.69, 9.17) is 81.5 Å². The fourth-order valence-corrected chi connectivity index (χ4v) is 4.37. The van der Waals surface area contributed by atoms with Gasteiger partial charge >= 0.3 is 11.9 Å². The second-order valence-electron chi connectivity index (χ2n) is 12.9. The van der Waals surface area contributed by atoms with Crippen LogP contribution in [-0.2, 0) is 99.9 Å². The standard InChI is InChI=1S/C20H35NO11.C16H32O9.C4H5NO3.2CH4/c1-25-6-7-27-10-11-29-14-15-31-17-16-30-13-12-28-9-8-26-5-4-20(24)32-21-18(22)2-3-19(21)23;1-19-4-5-21-8-9-23-12-13-25-15-14-24-11-10-22-7-6-20-3-2-16(17)18;6-3-1-2-4(7)5(3)8;;/h2-17H2,1H3;2-15H2,1H3,(H,17,18);8H,1-2H2;2*1H4. The van der Waals surface area contributed by atoms with E-state index >= 15 is 0 Å². The molecule has 0 aromatic rings. The minimum atomic E-state index is -0.866. The van der Waals surface area contributed by atoms with Gasteiger partial charge in [0.25, 0.3) is 23.6 Å². The average Bonchev–Trinajstić information content (AvgIpc) is 3.77. The van der Waals surface area contributed by atoms with Crippen LogP contribution in [-0.4, -0.2) is 242 Å². The number of methoxy groups -OCH3 is 2. The number of carboxylic acids is 1. The summed E-state index contributed by atoms with van der Waals surface area (Å²) < 4.78 is 73.3. The Balaban J connectivity index is -0.00000104. The van der Waals surface area contributed by atoms with E-state index in [9.17, 15) is 28.8 Å². The molecule has 0 bridgehead atoms. The summed E-state index contributed by atoms with van der Waals surface area (Å²) in [6.45, 7) is 12.0. The fourth-order valence-electron chi connectivity index (χ4n) is 4.37. The molecule has 0 spiro atoms. The summed E-state index contributed by atoms with van der Waals surface area (Å²) in [4.78, 5) is 69.7. The maximum absolute atomic E-state index is 11.6. The van der Waals surface area contributed by atoms with E-state index in [1.54, 1.807) is 14.2 Å². The molecule has 25 heteroatoms. The Kier molecular flexibility index (Phi) is 52.7. The number of hydroxylamine groups is 4. The Morgan fingerprint density at radius 1 is 0.388 bits per heavy atom. The summed E-state index contributed by atoms with van der Waals surface area (Å²) in [5.41, 5.74) is 0. The first-order valence-corrected chi connectivity index (χ1v) is 21.4. The highest BCUT2D eigenvalue weighted by molar-refractivity contribution is 6.01. The lowest BCUT2D eigenvalue weighted by molar-refractivity contribution is -0.198. The number of hydrogen-bond acceptors (Lipinski definition) is 22. The number of carbonyl (C=O) groups is 6. The van der Waals surface area contributed by atoms with Crippen molar-refractivity contribution in [3.8, 4) is 0 Å². The van der Waals surface area contributed by atoms with E-state index in [-0.39, 0.29) is 71.7 Å². The van der Waals surface area contributed by atoms with Gasteiger partial charge in [-0.1, -0.05) is 14.9 Å². The van der Waals surface area contributed by atoms with Gasteiger partial charge in [0.1, 0.15) is 0 Å². The number of nitrogens with zero attached hydrogens (tertiary/aromatic N) is 2. The van der Waals surface area contributed by atoms with E-state index in [2.05, 4.69) is 0 Å². The van der Waals surface area contributed by atoms with Crippen molar-refractivity contribution in [3.05, 3.63) is 0 Å². The van der Waals surface area contributed by atoms with Gasteiger partial charge in [-0.25, -0.2) is 4.79 Å². The minimum Gasteiger partial charge on any atom is -0.481 e. The Morgan fingerprint density at radius 2 is 0.612 bits per heavy atom. The highest BCUT2D eigenvalue weighted by Crippen LogP contribution is 2.12. The largest absolute Gasteiger partial charge is 0.481 e. The lowest BCUT2D eigenvalue weighted by atomic mass is 10.4. The maximum Gasteiger partial charge on any atom is 0.335 e. The van der Waals surface area contributed by atoms with Crippen molar-refractivity contribution in [3.63, 3.8) is 0 Å². The zero-order chi connectivity index (χ0) is 47.9. The number of amides is 4. The highest BCUT2D eigenvalue weighted by Gasteiger charge is 2.32. The van der Waals surface area contributed by atoms with Gasteiger partial charge in [0.05, 0.1) is 185 Å². The predicted molar refractivity (Wildman–Crippen MR) is 234 cm³/mol. The van der Waals surface area contributed by atoms with Crippen molar-refractivity contribution in [1.29, 1.82) is 0 Å². The lowest BCUT2D eigenvalue weighted by Gasteiger charge is -2.12. The van der Waals surface area contributed by atoms with Crippen LogP contribution in [0.4, 0.5) is 0 Å². The normalized spacial score (nSPS) is 13.2. The zero-order valence-corrected chi connectivity index (χ0v) is 38.0. The molecule has 67 heavy (non-hydrogen) atoms. The van der Waals surface area contributed by atoms with Gasteiger partial charge in [-0.2, -0.15) is 5.06 Å². The molecule has 0 radical (unpaired) electrons. The first-order valence-electron chi connectivity index (χ1n) is 21.4. The predicted octanol–water partition coefficient (Wildman–Crippen LogP) is 0.734. The summed E-state index contributed by atoms with van der Waals surface area (Å²) in [5, 5.41) is 17.5. The van der Waals surface area contributed by atoms with Gasteiger partial charge < -0.3 is 76.3 Å². The molecule has 0 atom stereocenters. The molecular formula is C42H80N2O23. The maximum atomic E-state index is 11.6. The van der Waals surface area contributed by atoms with Crippen LogP contribution in [0.25, 0.3) is 0 Å². The van der Waals surface area contributed by atoms with Crippen LogP contribution >= 0.6 is 0 Å². The van der Waals surface area contributed by atoms with Crippen LogP contribution in [0.1, 0.15) is 53.4 Å². The van der Waals surface area contributed by atoms with Gasteiger partial charge in [-0.3, -0.25) is 29.2 Å². The molecule has 2 fully saturated rings. The van der Waals surface area contributed by atoms with Crippen LogP contribution in [0.3, 0.4) is 0 Å². The number of rotatable bonds is 43. The molecule has 2 aliphatic heterocycles. The molecule has 25 nitrogen and oxygen atoms in total. The number of hydrogen-bond donors (Lipinski definition) is 2. The molecule has 2 saturated heterocycles. The van der Waals surface area contributed by atoms with Crippen LogP contribution in [0.15, 0.2) is 0 Å². The molecule has 4 amide bonds. The van der Waals surface area contributed by atoms with Gasteiger partial charge in [0.2, 0.25) is 0 Å². The molecule has 0 aromatic heterocycles. The molecule has 0 unspecified atom stereocenters. The van der Waals surface area contributed by atoms with Crippen molar-refractivity contribution in [1.82, 2.24) is 10.1 Å². The number of ether oxygens (including phenoxy) is 14. The van der Waals surface area contributed by atoms with Gasteiger partial charge in [0.15, 0.2) is 0 Å². The smallest absolute Gasteiger partial charge is 0.335 e. The number of carboxylic acid groups (broad SMARTS) is 1. The fraction of sp³-hybridized carbons (Fsp3) is 0.857. The van der Waals surface area contributed by atoms with E-state index in [0.717, 1.165) is 0 Å². The third kappa shape index (κ3) is 46.1. The monoisotopic (exact) mass is 981 g/mol. The second kappa shape index (κ2) is 52.0. The summed E-state index contributed by atoms with van der Waals surface area (Å²) in [6.07, 6.45) is 0.380. The van der Waals surface area contributed by atoms with Crippen LogP contribution in [0.5, 0.6) is 0 Å². The van der Waals surface area contributed by atoms with Crippen molar-refractivity contribution in [2.75, 3.05) is 186 Å². The Labute approximate surface area is 394 Å². The molecule has 0 saturated carbocycles. The van der Waals surface area contributed by atoms with E-state index in [1.165, 1.54) is 0 Å². The molecule has 396 valence electrons. The van der Waals surface area contributed by atoms with Crippen LogP contribution < -0.4 is 0 Å². The van der Waals surface area contributed by atoms with Crippen molar-refractivity contribution < 1.29 is 110 Å². The molecule has 0 aliphatic carbocycles. The molecule has 2 N–H and O–H groups in total. The molecule has 2 aliphatic rings. The average molecular weight is 981 g/mol. The van der Waals surface area contributed by atoms with Crippen molar-refractivity contribution in [2.45, 2.75) is 53.4 Å². The number of imide groups is 2. The Hall–Kier alpha value is -3.38. The Bertz CT molecular complexity index is 1170. The topological polar surface area (TPSA) is 288 Å². The van der Waals surface area contributed by atoms with Crippen molar-refractivity contribution in [2.24, 2.45) is 0 Å². The summed E-state index contributed by atoms with van der Waals surface area (Å²) in [7, 11) is 3.26. The molecule has 2 rings (SSSR count). The zero-order valence-electron chi connectivity index (χ0n) is 38.0. The molecule has 2 heterocycles. The summed E-state index contributed by atoms with van der Waals surface area (Å²) in [6, 6.07) is 0. The molecule has 0 aromatic carbocycles. The Morgan fingerprint density at radius 3 is 0.836 bits per heavy atom.